The van der Waals surface area contributed by atoms with Gasteiger partial charge in [0.05, 0.1) is 0 Å². The molecule has 0 saturated carbocycles. The minimum atomic E-state index is -2.72. The Hall–Kier alpha value is 0.0400. The molecular weight excluding hydrogens is 294 g/mol. The van der Waals surface area contributed by atoms with E-state index in [9.17, 15) is 0 Å². The Morgan fingerprint density at radius 3 is 1.44 bits per heavy atom. The normalized spacial score (nSPS) is 10.3. The zero-order valence-electron chi connectivity index (χ0n) is 9.85. The molecule has 2 aromatic carbocycles. The molecule has 0 radical (unpaired) electrons. The van der Waals surface area contributed by atoms with Crippen LogP contribution < -0.4 is 38.6 Å². The van der Waals surface area contributed by atoms with Gasteiger partial charge in [-0.1, -0.05) is 36.4 Å². The van der Waals surface area contributed by atoms with Gasteiger partial charge >= 0.3 is 29.6 Å². The Kier molecular flexibility index (Phi) is 6.78. The molecular formula is C12H10NaO2PS2. The van der Waals surface area contributed by atoms with E-state index in [0.29, 0.717) is 11.5 Å². The summed E-state index contributed by atoms with van der Waals surface area (Å²) in [6, 6.07) is 18.5. The van der Waals surface area contributed by atoms with Crippen LogP contribution in [-0.4, -0.2) is 0 Å². The largest absolute Gasteiger partial charge is 1.00 e. The molecule has 0 fully saturated rings. The summed E-state index contributed by atoms with van der Waals surface area (Å²) >= 11 is 10.4. The second-order valence-electron chi connectivity index (χ2n) is 3.26. The van der Waals surface area contributed by atoms with Gasteiger partial charge in [-0.15, -0.1) is 0 Å². The summed E-state index contributed by atoms with van der Waals surface area (Å²) in [4.78, 5) is 0. The van der Waals surface area contributed by atoms with Crippen LogP contribution in [0.25, 0.3) is 0 Å². The minimum absolute atomic E-state index is 0. The Labute approximate surface area is 139 Å². The van der Waals surface area contributed by atoms with Crippen molar-refractivity contribution in [2.45, 2.75) is 0 Å². The second-order valence-corrected chi connectivity index (χ2v) is 8.09. The number of rotatable bonds is 4. The SMILES string of the molecule is S=P([S-])(Oc1ccccc1)Oc1ccccc1.[Na+]. The minimum Gasteiger partial charge on any atom is -0.665 e. The van der Waals surface area contributed by atoms with Crippen molar-refractivity contribution < 1.29 is 38.6 Å². The third-order valence-electron chi connectivity index (χ3n) is 1.92. The number of para-hydroxylation sites is 2. The first-order valence-electron chi connectivity index (χ1n) is 4.96. The van der Waals surface area contributed by atoms with Crippen molar-refractivity contribution in [2.24, 2.45) is 0 Å². The van der Waals surface area contributed by atoms with Gasteiger partial charge in [-0.05, 0) is 36.1 Å². The molecule has 0 heterocycles. The summed E-state index contributed by atoms with van der Waals surface area (Å²) in [5, 5.41) is 0. The predicted octanol–water partition coefficient (Wildman–Crippen LogP) is 0.920. The Balaban J connectivity index is 0.00000162. The fourth-order valence-electron chi connectivity index (χ4n) is 1.24. The van der Waals surface area contributed by atoms with Gasteiger partial charge in [0, 0.05) is 0 Å². The Morgan fingerprint density at radius 1 is 0.778 bits per heavy atom. The molecule has 6 heteroatoms. The van der Waals surface area contributed by atoms with Crippen molar-refractivity contribution >= 4 is 29.7 Å². The number of hydrogen-bond donors (Lipinski definition) is 0. The van der Waals surface area contributed by atoms with Crippen molar-refractivity contribution in [1.82, 2.24) is 0 Å². The third kappa shape index (κ3) is 5.35. The van der Waals surface area contributed by atoms with E-state index in [-0.39, 0.29) is 29.6 Å². The summed E-state index contributed by atoms with van der Waals surface area (Å²) in [6.07, 6.45) is 0. The van der Waals surface area contributed by atoms with Crippen LogP contribution in [0.1, 0.15) is 0 Å². The molecule has 0 N–H and O–H groups in total. The van der Waals surface area contributed by atoms with Gasteiger partial charge in [-0.2, -0.15) is 0 Å². The molecule has 0 atom stereocenters. The van der Waals surface area contributed by atoms with E-state index in [0.717, 1.165) is 0 Å². The molecule has 88 valence electrons. The average molecular weight is 304 g/mol. The van der Waals surface area contributed by atoms with Crippen LogP contribution in [0.3, 0.4) is 0 Å². The van der Waals surface area contributed by atoms with E-state index in [4.69, 9.17) is 33.1 Å². The summed E-state index contributed by atoms with van der Waals surface area (Å²) < 4.78 is 11.0. The van der Waals surface area contributed by atoms with E-state index in [1.807, 2.05) is 60.7 Å². The molecule has 0 aromatic heterocycles. The topological polar surface area (TPSA) is 18.5 Å². The molecule has 2 aromatic rings. The summed E-state index contributed by atoms with van der Waals surface area (Å²) in [5.74, 6) is 1.28. The first kappa shape index (κ1) is 16.1. The van der Waals surface area contributed by atoms with E-state index >= 15 is 0 Å². The Morgan fingerprint density at radius 2 is 1.11 bits per heavy atom. The molecule has 0 unspecified atom stereocenters. The van der Waals surface area contributed by atoms with Gasteiger partial charge < -0.3 is 21.3 Å². The van der Waals surface area contributed by atoms with E-state index in [2.05, 4.69) is 0 Å². The molecule has 0 amide bonds. The van der Waals surface area contributed by atoms with Crippen molar-refractivity contribution in [3.63, 3.8) is 0 Å². The Bertz CT molecular complexity index is 477. The van der Waals surface area contributed by atoms with Crippen LogP contribution in [0.4, 0.5) is 0 Å². The smallest absolute Gasteiger partial charge is 0.665 e. The standard InChI is InChI=1S/C12H11O2PS2.Na/c16-15(17,13-11-7-3-1-4-8-11)14-12-9-5-2-6-10-12;/h1-10H,(H,16,17);/q;+1/p-1. The second kappa shape index (κ2) is 7.59. The van der Waals surface area contributed by atoms with E-state index < -0.39 is 5.69 Å². The number of hydrogen-bond acceptors (Lipinski definition) is 4. The monoisotopic (exact) mass is 304 g/mol. The fourth-order valence-corrected chi connectivity index (χ4v) is 3.07. The van der Waals surface area contributed by atoms with Crippen molar-refractivity contribution in [3.8, 4) is 11.5 Å². The average Bonchev–Trinajstić information content (AvgIpc) is 2.30. The fraction of sp³-hybridized carbons (Fsp3) is 0. The third-order valence-corrected chi connectivity index (χ3v) is 3.68. The summed E-state index contributed by atoms with van der Waals surface area (Å²) in [6.45, 7) is 0. The molecule has 0 aliphatic heterocycles. The van der Waals surface area contributed by atoms with E-state index in [1.54, 1.807) is 0 Å². The van der Waals surface area contributed by atoms with Crippen LogP contribution >= 0.6 is 5.69 Å². The molecule has 0 saturated heterocycles. The van der Waals surface area contributed by atoms with Crippen LogP contribution in [-0.2, 0) is 24.1 Å². The zero-order chi connectivity index (χ0) is 12.1. The predicted molar refractivity (Wildman–Crippen MR) is 75.8 cm³/mol. The van der Waals surface area contributed by atoms with Gasteiger partial charge in [0.2, 0.25) is 0 Å². The van der Waals surface area contributed by atoms with Gasteiger partial charge in [0.1, 0.15) is 11.5 Å². The maximum Gasteiger partial charge on any atom is 1.00 e. The van der Waals surface area contributed by atoms with Crippen LogP contribution in [0, 0.1) is 0 Å². The first-order chi connectivity index (χ1) is 8.16. The molecule has 0 spiro atoms. The first-order valence-corrected chi connectivity index (χ1v) is 8.61. The summed E-state index contributed by atoms with van der Waals surface area (Å²) in [7, 11) is 0. The van der Waals surface area contributed by atoms with Crippen LogP contribution in [0.15, 0.2) is 60.7 Å². The summed E-state index contributed by atoms with van der Waals surface area (Å²) in [5.41, 5.74) is -2.72. The molecule has 0 bridgehead atoms. The van der Waals surface area contributed by atoms with Gasteiger partial charge in [0.25, 0.3) is 0 Å². The molecule has 2 nitrogen and oxygen atoms in total. The molecule has 2 rings (SSSR count). The van der Waals surface area contributed by atoms with Gasteiger partial charge in [-0.25, -0.2) is 0 Å². The molecule has 0 aliphatic rings. The van der Waals surface area contributed by atoms with Crippen molar-refractivity contribution in [3.05, 3.63) is 60.7 Å². The number of benzene rings is 2. The zero-order valence-corrected chi connectivity index (χ0v) is 14.4. The van der Waals surface area contributed by atoms with Gasteiger partial charge in [0.15, 0.2) is 5.69 Å². The van der Waals surface area contributed by atoms with Crippen molar-refractivity contribution in [2.75, 3.05) is 0 Å². The van der Waals surface area contributed by atoms with E-state index in [1.165, 1.54) is 0 Å². The molecule has 0 aliphatic carbocycles. The maximum atomic E-state index is 5.52. The van der Waals surface area contributed by atoms with Crippen molar-refractivity contribution in [1.29, 1.82) is 0 Å². The quantitative estimate of drug-likeness (QED) is 0.475. The van der Waals surface area contributed by atoms with Crippen LogP contribution in [0.5, 0.6) is 11.5 Å². The van der Waals surface area contributed by atoms with Crippen LogP contribution in [0.2, 0.25) is 0 Å². The van der Waals surface area contributed by atoms with Gasteiger partial charge in [-0.3, -0.25) is 0 Å². The molecule has 18 heavy (non-hydrogen) atoms. The maximum absolute atomic E-state index is 5.52.